The lowest BCUT2D eigenvalue weighted by molar-refractivity contribution is 1.17. The van der Waals surface area contributed by atoms with E-state index in [-0.39, 0.29) is 7.43 Å². The Balaban J connectivity index is 0.000000143. The fourth-order valence-corrected chi connectivity index (χ4v) is 12.1. The third kappa shape index (κ3) is 8.55. The van der Waals surface area contributed by atoms with Gasteiger partial charge in [-0.25, -0.2) is 0 Å². The van der Waals surface area contributed by atoms with Gasteiger partial charge >= 0.3 is 0 Å². The number of hydrogen-bond donors (Lipinski definition) is 0. The van der Waals surface area contributed by atoms with Crippen molar-refractivity contribution >= 4 is 104 Å². The van der Waals surface area contributed by atoms with Crippen LogP contribution in [0.25, 0.3) is 132 Å². The number of rotatable bonds is 6. The van der Waals surface area contributed by atoms with Crippen LogP contribution < -0.4 is 0 Å². The summed E-state index contributed by atoms with van der Waals surface area (Å²) in [6.45, 7) is 0. The number of benzene rings is 12. The van der Waals surface area contributed by atoms with Crippen molar-refractivity contribution in [3.8, 4) is 45.0 Å². The molecule has 1 atom stereocenters. The predicted molar refractivity (Wildman–Crippen MR) is 348 cm³/mol. The van der Waals surface area contributed by atoms with Crippen molar-refractivity contribution in [2.75, 3.05) is 6.06 Å². The molecule has 1 unspecified atom stereocenters. The number of hydrogen-bond acceptors (Lipinski definition) is 0. The molecule has 80 heavy (non-hydrogen) atoms. The van der Waals surface area contributed by atoms with E-state index in [1.807, 2.05) is 0 Å². The molecule has 16 aromatic rings. The van der Waals surface area contributed by atoms with Gasteiger partial charge < -0.3 is 18.3 Å². The summed E-state index contributed by atoms with van der Waals surface area (Å²) in [5.41, 5.74) is 19.4. The number of nitrogens with zero attached hydrogens (tertiary/aromatic N) is 4. The molecule has 12 aromatic carbocycles. The van der Waals surface area contributed by atoms with Crippen molar-refractivity contribution in [2.45, 2.75) is 7.43 Å². The minimum Gasteiger partial charge on any atom is -0.309 e. The second-order valence-electron chi connectivity index (χ2n) is 19.9. The van der Waals surface area contributed by atoms with E-state index in [1.165, 1.54) is 132 Å². The quantitative estimate of drug-likeness (QED) is 0.117. The highest BCUT2D eigenvalue weighted by atomic mass is 31.0. The lowest BCUT2D eigenvalue weighted by Crippen LogP contribution is -1.95. The first-order chi connectivity index (χ1) is 39.1. The van der Waals surface area contributed by atoms with Crippen LogP contribution in [0.4, 0.5) is 0 Å². The summed E-state index contributed by atoms with van der Waals surface area (Å²) >= 11 is 0. The molecule has 0 bridgehead atoms. The summed E-state index contributed by atoms with van der Waals surface area (Å²) in [5.74, 6) is 0. The Morgan fingerprint density at radius 3 is 0.650 bits per heavy atom. The summed E-state index contributed by atoms with van der Waals surface area (Å²) in [7, 11) is 7.17. The van der Waals surface area contributed by atoms with Crippen molar-refractivity contribution in [1.82, 2.24) is 18.3 Å². The van der Waals surface area contributed by atoms with E-state index in [9.17, 15) is 0 Å². The number of aromatic nitrogens is 4. The molecule has 0 spiro atoms. The molecular weight excluding hydrogens is 987 g/mol. The second kappa shape index (κ2) is 21.3. The topological polar surface area (TPSA) is 19.7 Å². The van der Waals surface area contributed by atoms with Crippen molar-refractivity contribution in [1.29, 1.82) is 0 Å². The van der Waals surface area contributed by atoms with Gasteiger partial charge in [-0.2, -0.15) is 0 Å². The van der Waals surface area contributed by atoms with E-state index < -0.39 is 0 Å². The monoisotopic (exact) mass is 1040 g/mol. The van der Waals surface area contributed by atoms with Gasteiger partial charge in [-0.15, -0.1) is 9.24 Å². The average Bonchev–Trinajstić information content (AvgIpc) is 4.26. The van der Waals surface area contributed by atoms with Crippen molar-refractivity contribution < 1.29 is 0 Å². The van der Waals surface area contributed by atoms with Crippen LogP contribution in [0.2, 0.25) is 0 Å². The highest BCUT2D eigenvalue weighted by Crippen LogP contribution is 2.38. The highest BCUT2D eigenvalue weighted by molar-refractivity contribution is 7.19. The first-order valence-corrected chi connectivity index (χ1v) is 27.7. The third-order valence-corrected chi connectivity index (χ3v) is 15.4. The normalized spacial score (nSPS) is 11.3. The van der Waals surface area contributed by atoms with Gasteiger partial charge in [0.05, 0.1) is 52.0 Å². The van der Waals surface area contributed by atoms with Gasteiger partial charge in [0.2, 0.25) is 0 Å². The Morgan fingerprint density at radius 1 is 0.225 bits per heavy atom. The maximum absolute atomic E-state index is 4.81. The molecule has 0 saturated heterocycles. The van der Waals surface area contributed by atoms with E-state index in [0.717, 1.165) is 0 Å². The van der Waals surface area contributed by atoms with E-state index in [2.05, 4.69) is 319 Å². The zero-order chi connectivity index (χ0) is 52.8. The summed E-state index contributed by atoms with van der Waals surface area (Å²) in [4.78, 5) is 0. The Bertz CT molecular complexity index is 4380. The highest BCUT2D eigenvalue weighted by Gasteiger charge is 2.17. The smallest absolute Gasteiger partial charge is 0.0709 e. The Kier molecular flexibility index (Phi) is 13.3. The lowest BCUT2D eigenvalue weighted by atomic mass is 10.0. The second-order valence-corrected chi connectivity index (χ2v) is 20.4. The van der Waals surface area contributed by atoms with Crippen LogP contribution in [-0.2, 0) is 0 Å². The van der Waals surface area contributed by atoms with Gasteiger partial charge in [-0.3, -0.25) is 0 Å². The standard InChI is InChI=1S/2C36H24N2.CH4BP.CH4/c1-5-19-33-29(15-1)30-16-2-6-20-34(30)37(33)27-13-9-11-25(23-27)26-12-10-14-28(24-26)38-35-21-7-3-17-31(35)32-18-4-8-22-36(32)38;1-5-13-33-29(9-1)30-10-2-6-14-34(30)37(33)27-21-17-25(18-22-27)26-19-23-28(24-20-26)38-35-15-7-3-11-31(35)32-12-4-8-16-36(32)38;2-1-3;/h2*1-24H;1,3H2;1H4. The van der Waals surface area contributed by atoms with Gasteiger partial charge in [-0.1, -0.05) is 208 Å². The van der Waals surface area contributed by atoms with Gasteiger partial charge in [0.15, 0.2) is 0 Å². The summed E-state index contributed by atoms with van der Waals surface area (Å²) in [6, 6.07) is 106. The van der Waals surface area contributed by atoms with Gasteiger partial charge in [0, 0.05) is 65.8 Å². The molecule has 6 heteroatoms. The van der Waals surface area contributed by atoms with Crippen molar-refractivity contribution in [2.24, 2.45) is 0 Å². The Hall–Kier alpha value is -9.67. The summed E-state index contributed by atoms with van der Waals surface area (Å²) < 4.78 is 9.48. The molecule has 0 fully saturated rings. The molecule has 2 radical (unpaired) electrons. The average molecular weight is 1040 g/mol. The fourth-order valence-electron chi connectivity index (χ4n) is 12.1. The Labute approximate surface area is 469 Å². The van der Waals surface area contributed by atoms with Crippen molar-refractivity contribution in [3.63, 3.8) is 0 Å². The molecule has 4 heterocycles. The molecule has 380 valence electrons. The lowest BCUT2D eigenvalue weighted by Gasteiger charge is -2.12. The zero-order valence-electron chi connectivity index (χ0n) is 43.4. The van der Waals surface area contributed by atoms with E-state index in [0.29, 0.717) is 6.06 Å². The molecule has 0 aliphatic heterocycles. The SMILES string of the molecule is C.[B]CP.c1cc(-c2cccc(-n3c4ccccc4c4ccccc43)c2)cc(-n2c3ccccc3c3ccccc32)c1.c1ccc2c(c1)c1ccccc1n2-c1ccc(-c2ccc(-n3c4ccccc4c4ccccc43)cc2)cc1. The third-order valence-electron chi connectivity index (χ3n) is 15.4. The molecular formula is C74H56BN4P. The maximum atomic E-state index is 4.81. The summed E-state index contributed by atoms with van der Waals surface area (Å²) in [6.07, 6.45) is 0. The number of fused-ring (bicyclic) bond motifs is 12. The summed E-state index contributed by atoms with van der Waals surface area (Å²) in [5, 5.41) is 10.3. The molecule has 4 nitrogen and oxygen atoms in total. The van der Waals surface area contributed by atoms with Crippen LogP contribution in [0.3, 0.4) is 0 Å². The molecule has 0 amide bonds. The molecule has 0 N–H and O–H groups in total. The molecule has 16 rings (SSSR count). The number of para-hydroxylation sites is 8. The largest absolute Gasteiger partial charge is 0.309 e. The molecule has 4 aromatic heterocycles. The van der Waals surface area contributed by atoms with Crippen LogP contribution in [0, 0.1) is 0 Å². The maximum Gasteiger partial charge on any atom is 0.0709 e. The van der Waals surface area contributed by atoms with E-state index >= 15 is 0 Å². The van der Waals surface area contributed by atoms with Crippen LogP contribution in [0.1, 0.15) is 7.43 Å². The van der Waals surface area contributed by atoms with Crippen LogP contribution >= 0.6 is 9.24 Å². The minimum absolute atomic E-state index is 0. The first kappa shape index (κ1) is 49.9. The van der Waals surface area contributed by atoms with Gasteiger partial charge in [0.1, 0.15) is 0 Å². The first-order valence-electron chi connectivity index (χ1n) is 26.9. The van der Waals surface area contributed by atoms with Gasteiger partial charge in [-0.05, 0) is 119 Å². The predicted octanol–water partition coefficient (Wildman–Crippen LogP) is 19.7. The van der Waals surface area contributed by atoms with Crippen LogP contribution in [0.5, 0.6) is 0 Å². The molecule has 0 aliphatic rings. The fraction of sp³-hybridized carbons (Fsp3) is 0.0270. The van der Waals surface area contributed by atoms with Crippen molar-refractivity contribution in [3.05, 3.63) is 291 Å². The minimum atomic E-state index is 0. The van der Waals surface area contributed by atoms with Crippen LogP contribution in [-0.4, -0.2) is 32.2 Å². The molecule has 0 aliphatic carbocycles. The zero-order valence-corrected chi connectivity index (χ0v) is 44.5. The van der Waals surface area contributed by atoms with E-state index in [1.54, 1.807) is 0 Å². The Morgan fingerprint density at radius 2 is 0.425 bits per heavy atom. The van der Waals surface area contributed by atoms with Crippen LogP contribution in [0.15, 0.2) is 291 Å². The van der Waals surface area contributed by atoms with E-state index in [4.69, 9.17) is 7.85 Å². The van der Waals surface area contributed by atoms with Gasteiger partial charge in [0.25, 0.3) is 0 Å². The molecule has 0 saturated carbocycles.